The molecule has 1 atom stereocenters. The van der Waals surface area contributed by atoms with Crippen LogP contribution in [-0.4, -0.2) is 11.1 Å². The highest BCUT2D eigenvalue weighted by Crippen LogP contribution is 2.10. The van der Waals surface area contributed by atoms with E-state index in [-0.39, 0.29) is 5.82 Å². The van der Waals surface area contributed by atoms with Crippen LogP contribution in [0.5, 0.6) is 0 Å². The van der Waals surface area contributed by atoms with Crippen molar-refractivity contribution < 1.29 is 14.3 Å². The number of carboxylic acids is 1. The Hall–Kier alpha value is -1.64. The summed E-state index contributed by atoms with van der Waals surface area (Å²) >= 11 is 0. The van der Waals surface area contributed by atoms with E-state index in [0.29, 0.717) is 6.42 Å². The summed E-state index contributed by atoms with van der Waals surface area (Å²) in [5.41, 5.74) is 0.790. The lowest BCUT2D eigenvalue weighted by Gasteiger charge is -2.06. The van der Waals surface area contributed by atoms with E-state index in [2.05, 4.69) is 6.58 Å². The number of hydrogen-bond acceptors (Lipinski definition) is 1. The molecule has 1 N–H and O–H groups in total. The summed E-state index contributed by atoms with van der Waals surface area (Å²) in [5, 5.41) is 8.74. The Morgan fingerprint density at radius 3 is 2.50 bits per heavy atom. The van der Waals surface area contributed by atoms with Crippen molar-refractivity contribution in [1.29, 1.82) is 0 Å². The van der Waals surface area contributed by atoms with Crippen LogP contribution < -0.4 is 0 Å². The van der Waals surface area contributed by atoms with Crippen molar-refractivity contribution in [2.75, 3.05) is 0 Å². The molecule has 0 aliphatic heterocycles. The highest BCUT2D eigenvalue weighted by molar-refractivity contribution is 5.72. The maximum Gasteiger partial charge on any atom is 0.310 e. The van der Waals surface area contributed by atoms with Gasteiger partial charge in [0.2, 0.25) is 0 Å². The van der Waals surface area contributed by atoms with E-state index >= 15 is 0 Å². The van der Waals surface area contributed by atoms with Crippen molar-refractivity contribution in [2.45, 2.75) is 6.42 Å². The molecule has 0 fully saturated rings. The molecule has 0 saturated heterocycles. The van der Waals surface area contributed by atoms with Gasteiger partial charge in [-0.25, -0.2) is 4.39 Å². The number of halogens is 1. The SMILES string of the molecule is C=C[C@H](Cc1ccc(F)cc1)C(=O)O. The van der Waals surface area contributed by atoms with Crippen molar-refractivity contribution in [3.63, 3.8) is 0 Å². The molecule has 1 rings (SSSR count). The molecule has 0 radical (unpaired) electrons. The molecule has 3 heteroatoms. The van der Waals surface area contributed by atoms with Crippen molar-refractivity contribution in [3.05, 3.63) is 48.3 Å². The highest BCUT2D eigenvalue weighted by atomic mass is 19.1. The minimum atomic E-state index is -0.913. The Bertz CT molecular complexity index is 330. The number of carbonyl (C=O) groups is 1. The molecule has 0 saturated carbocycles. The van der Waals surface area contributed by atoms with Gasteiger partial charge in [-0.3, -0.25) is 4.79 Å². The van der Waals surface area contributed by atoms with Gasteiger partial charge >= 0.3 is 5.97 Å². The van der Waals surface area contributed by atoms with Crippen LogP contribution in [0.4, 0.5) is 4.39 Å². The second-order valence-corrected chi connectivity index (χ2v) is 3.01. The molecule has 0 unspecified atom stereocenters. The van der Waals surface area contributed by atoms with Gasteiger partial charge in [-0.05, 0) is 24.1 Å². The van der Waals surface area contributed by atoms with Crippen LogP contribution in [0.25, 0.3) is 0 Å². The lowest BCUT2D eigenvalue weighted by atomic mass is 10.00. The van der Waals surface area contributed by atoms with E-state index in [1.165, 1.54) is 18.2 Å². The number of carboxylic acid groups (broad SMARTS) is 1. The van der Waals surface area contributed by atoms with Crippen LogP contribution in [0.3, 0.4) is 0 Å². The van der Waals surface area contributed by atoms with Gasteiger partial charge in [0, 0.05) is 0 Å². The van der Waals surface area contributed by atoms with Crippen LogP contribution in [0.1, 0.15) is 5.56 Å². The summed E-state index contributed by atoms with van der Waals surface area (Å²) in [5.74, 6) is -1.84. The van der Waals surface area contributed by atoms with E-state index in [9.17, 15) is 9.18 Å². The summed E-state index contributed by atoms with van der Waals surface area (Å²) < 4.78 is 12.5. The first-order valence-corrected chi connectivity index (χ1v) is 4.23. The van der Waals surface area contributed by atoms with E-state index < -0.39 is 11.9 Å². The fourth-order valence-corrected chi connectivity index (χ4v) is 1.15. The van der Waals surface area contributed by atoms with E-state index in [1.807, 2.05) is 0 Å². The first kappa shape index (κ1) is 10.4. The molecule has 0 aromatic heterocycles. The highest BCUT2D eigenvalue weighted by Gasteiger charge is 2.13. The Morgan fingerprint density at radius 2 is 2.07 bits per heavy atom. The van der Waals surface area contributed by atoms with Gasteiger partial charge in [0.1, 0.15) is 5.82 Å². The molecule has 0 bridgehead atoms. The Balaban J connectivity index is 2.72. The van der Waals surface area contributed by atoms with E-state index in [0.717, 1.165) is 5.56 Å². The summed E-state index contributed by atoms with van der Waals surface area (Å²) in [4.78, 5) is 10.7. The van der Waals surface area contributed by atoms with Gasteiger partial charge in [-0.2, -0.15) is 0 Å². The average molecular weight is 194 g/mol. The monoisotopic (exact) mass is 194 g/mol. The normalized spacial score (nSPS) is 12.1. The van der Waals surface area contributed by atoms with Crippen molar-refractivity contribution >= 4 is 5.97 Å². The lowest BCUT2D eigenvalue weighted by molar-refractivity contribution is -0.140. The quantitative estimate of drug-likeness (QED) is 0.746. The lowest BCUT2D eigenvalue weighted by Crippen LogP contribution is -2.13. The zero-order valence-electron chi connectivity index (χ0n) is 7.61. The number of aliphatic carboxylic acids is 1. The molecule has 0 aliphatic carbocycles. The predicted molar refractivity (Wildman–Crippen MR) is 51.4 cm³/mol. The number of rotatable bonds is 4. The first-order valence-electron chi connectivity index (χ1n) is 4.23. The van der Waals surface area contributed by atoms with Crippen molar-refractivity contribution in [3.8, 4) is 0 Å². The van der Waals surface area contributed by atoms with Crippen LogP contribution >= 0.6 is 0 Å². The second kappa shape index (κ2) is 4.56. The third kappa shape index (κ3) is 2.69. The van der Waals surface area contributed by atoms with Gasteiger partial charge in [-0.15, -0.1) is 6.58 Å². The molecule has 1 aromatic carbocycles. The smallest absolute Gasteiger partial charge is 0.310 e. The molecular formula is C11H11FO2. The van der Waals surface area contributed by atoms with Crippen LogP contribution in [-0.2, 0) is 11.2 Å². The average Bonchev–Trinajstić information content (AvgIpc) is 2.16. The second-order valence-electron chi connectivity index (χ2n) is 3.01. The Kier molecular flexibility index (Phi) is 3.40. The Morgan fingerprint density at radius 1 is 1.50 bits per heavy atom. The summed E-state index contributed by atoms with van der Waals surface area (Å²) in [6.45, 7) is 3.44. The minimum Gasteiger partial charge on any atom is -0.481 e. The maximum absolute atomic E-state index is 12.5. The molecule has 0 spiro atoms. The molecule has 1 aromatic rings. The number of hydrogen-bond donors (Lipinski definition) is 1. The third-order valence-corrected chi connectivity index (χ3v) is 1.97. The zero-order chi connectivity index (χ0) is 10.6. The van der Waals surface area contributed by atoms with Crippen molar-refractivity contribution in [1.82, 2.24) is 0 Å². The van der Waals surface area contributed by atoms with Gasteiger partial charge in [0.05, 0.1) is 5.92 Å². The summed E-state index contributed by atoms with van der Waals surface area (Å²) in [7, 11) is 0. The topological polar surface area (TPSA) is 37.3 Å². The molecule has 0 aliphatic rings. The molecule has 2 nitrogen and oxygen atoms in total. The van der Waals surface area contributed by atoms with Crippen LogP contribution in [0.15, 0.2) is 36.9 Å². The third-order valence-electron chi connectivity index (χ3n) is 1.97. The predicted octanol–water partition coefficient (Wildman–Crippen LogP) is 2.25. The maximum atomic E-state index is 12.5. The van der Waals surface area contributed by atoms with Gasteiger partial charge in [0.25, 0.3) is 0 Å². The van der Waals surface area contributed by atoms with E-state index in [1.54, 1.807) is 12.1 Å². The minimum absolute atomic E-state index is 0.320. The zero-order valence-corrected chi connectivity index (χ0v) is 7.61. The first-order chi connectivity index (χ1) is 6.63. The fourth-order valence-electron chi connectivity index (χ4n) is 1.15. The molecular weight excluding hydrogens is 183 g/mol. The van der Waals surface area contributed by atoms with Crippen LogP contribution in [0, 0.1) is 11.7 Å². The van der Waals surface area contributed by atoms with Gasteiger partial charge in [-0.1, -0.05) is 18.2 Å². The summed E-state index contributed by atoms with van der Waals surface area (Å²) in [6, 6.07) is 5.79. The standard InChI is InChI=1S/C11H11FO2/c1-2-9(11(13)14)7-8-3-5-10(12)6-4-8/h2-6,9H,1,7H2,(H,13,14)/t9-/m1/s1. The number of benzene rings is 1. The molecule has 0 heterocycles. The van der Waals surface area contributed by atoms with Crippen LogP contribution in [0.2, 0.25) is 0 Å². The van der Waals surface area contributed by atoms with Gasteiger partial charge in [0.15, 0.2) is 0 Å². The molecule has 74 valence electrons. The Labute approximate surface area is 81.7 Å². The largest absolute Gasteiger partial charge is 0.481 e. The van der Waals surface area contributed by atoms with E-state index in [4.69, 9.17) is 5.11 Å². The van der Waals surface area contributed by atoms with Crippen molar-refractivity contribution in [2.24, 2.45) is 5.92 Å². The fraction of sp³-hybridized carbons (Fsp3) is 0.182. The molecule has 0 amide bonds. The van der Waals surface area contributed by atoms with Gasteiger partial charge < -0.3 is 5.11 Å². The molecule has 14 heavy (non-hydrogen) atoms. The summed E-state index contributed by atoms with van der Waals surface area (Å²) in [6.07, 6.45) is 1.73.